The van der Waals surface area contributed by atoms with Crippen molar-refractivity contribution in [1.82, 2.24) is 14.1 Å². The monoisotopic (exact) mass is 931 g/mol. The molecule has 0 amide bonds. The maximum Gasteiger partial charge on any atom is 0.138 e. The Bertz CT molecular complexity index is 4720. The summed E-state index contributed by atoms with van der Waals surface area (Å²) >= 11 is 1.91. The summed E-state index contributed by atoms with van der Waals surface area (Å²) in [6, 6.07) is 81.0. The molecule has 5 heterocycles. The molecule has 11 aromatic carbocycles. The fourth-order valence-corrected chi connectivity index (χ4v) is 13.9. The number of aromatic nitrogens is 3. The first kappa shape index (κ1) is 38.5. The molecule has 0 spiro atoms. The van der Waals surface area contributed by atoms with E-state index in [4.69, 9.17) is 9.40 Å². The van der Waals surface area contributed by atoms with Gasteiger partial charge < -0.3 is 8.98 Å². The zero-order chi connectivity index (χ0) is 46.8. The van der Waals surface area contributed by atoms with Crippen LogP contribution in [0.1, 0.15) is 0 Å². The van der Waals surface area contributed by atoms with Crippen LogP contribution in [0.5, 0.6) is 0 Å². The van der Waals surface area contributed by atoms with E-state index in [1.54, 1.807) is 0 Å². The van der Waals surface area contributed by atoms with E-state index in [9.17, 15) is 0 Å². The molecule has 0 unspecified atom stereocenters. The predicted molar refractivity (Wildman–Crippen MR) is 303 cm³/mol. The minimum atomic E-state index is 0.922. The highest BCUT2D eigenvalue weighted by molar-refractivity contribution is 7.26. The molecule has 2 aliphatic carbocycles. The van der Waals surface area contributed by atoms with Crippen molar-refractivity contribution in [2.24, 2.45) is 0 Å². The van der Waals surface area contributed by atoms with Gasteiger partial charge in [-0.05, 0) is 117 Å². The van der Waals surface area contributed by atoms with Crippen LogP contribution in [0.15, 0.2) is 229 Å². The van der Waals surface area contributed by atoms with Gasteiger partial charge in [0.2, 0.25) is 0 Å². The summed E-state index contributed by atoms with van der Waals surface area (Å²) < 4.78 is 13.9. The van der Waals surface area contributed by atoms with Crippen LogP contribution in [0.2, 0.25) is 0 Å². The lowest BCUT2D eigenvalue weighted by atomic mass is 9.98. The molecule has 0 fully saturated rings. The molecular formula is C67H37N3OS. The minimum Gasteiger partial charge on any atom is -0.456 e. The van der Waals surface area contributed by atoms with E-state index >= 15 is 0 Å². The molecule has 5 aromatic heterocycles. The fourth-order valence-electron chi connectivity index (χ4n) is 12.7. The molecule has 332 valence electrons. The third-order valence-electron chi connectivity index (χ3n) is 15.6. The first-order valence-electron chi connectivity index (χ1n) is 24.6. The van der Waals surface area contributed by atoms with E-state index in [1.165, 1.54) is 130 Å². The Morgan fingerprint density at radius 2 is 0.861 bits per heavy atom. The molecular weight excluding hydrogens is 895 g/mol. The van der Waals surface area contributed by atoms with Crippen molar-refractivity contribution in [3.05, 3.63) is 224 Å². The summed E-state index contributed by atoms with van der Waals surface area (Å²) in [6.45, 7) is 0. The van der Waals surface area contributed by atoms with Crippen LogP contribution < -0.4 is 0 Å². The van der Waals surface area contributed by atoms with Crippen molar-refractivity contribution >= 4 is 119 Å². The van der Waals surface area contributed by atoms with Crippen molar-refractivity contribution in [2.45, 2.75) is 0 Å². The highest BCUT2D eigenvalue weighted by Gasteiger charge is 2.28. The molecule has 72 heavy (non-hydrogen) atoms. The van der Waals surface area contributed by atoms with Gasteiger partial charge in [0.25, 0.3) is 0 Å². The standard InChI is InChI=1S/C34H19NS.C33H18N2O/c1-2-7-20(8-3-1)22-9-4-10-23(19-22)35-26-13-5-11-24-25-12-6-14-28-32(25)34-29(36-28)18-16-21-15-17-27(35)33(30(21)34)31(24)26;1-2-7-19(8-3-1)23-11-6-14-28(34-23)35-24-12-4-9-21-22-10-5-13-26-31(22)33-27(36-26)18-16-20-15-17-25(35)32(29(20)33)30(21)24/h1-19H;1-18H. The van der Waals surface area contributed by atoms with Crippen LogP contribution in [0.4, 0.5) is 0 Å². The van der Waals surface area contributed by atoms with Gasteiger partial charge in [-0.2, -0.15) is 0 Å². The Morgan fingerprint density at radius 1 is 0.319 bits per heavy atom. The fraction of sp³-hybridized carbons (Fsp3) is 0. The Balaban J connectivity index is 0.000000120. The summed E-state index contributed by atoms with van der Waals surface area (Å²) in [5.74, 6) is 0.922. The van der Waals surface area contributed by atoms with Crippen LogP contribution in [0, 0.1) is 0 Å². The van der Waals surface area contributed by atoms with Gasteiger partial charge in [-0.1, -0.05) is 152 Å². The van der Waals surface area contributed by atoms with Crippen LogP contribution in [0.3, 0.4) is 0 Å². The highest BCUT2D eigenvalue weighted by Crippen LogP contribution is 2.53. The number of benzene rings is 11. The molecule has 0 radical (unpaired) electrons. The third-order valence-corrected chi connectivity index (χ3v) is 16.7. The topological polar surface area (TPSA) is 35.9 Å². The van der Waals surface area contributed by atoms with Gasteiger partial charge in [0.15, 0.2) is 0 Å². The maximum atomic E-state index is 6.35. The Kier molecular flexibility index (Phi) is 7.58. The third kappa shape index (κ3) is 5.07. The summed E-state index contributed by atoms with van der Waals surface area (Å²) in [4.78, 5) is 5.15. The lowest BCUT2D eigenvalue weighted by molar-refractivity contribution is 0.669. The molecule has 16 aromatic rings. The zero-order valence-corrected chi connectivity index (χ0v) is 39.3. The summed E-state index contributed by atoms with van der Waals surface area (Å²) in [7, 11) is 0. The van der Waals surface area contributed by atoms with Crippen molar-refractivity contribution in [3.63, 3.8) is 0 Å². The molecule has 0 atom stereocenters. The SMILES string of the molecule is c1ccc(-c2cccc(-n3c4cccc5c4c4c6c(ccc7oc8cccc-5c8c76)ccc43)n2)cc1.c1ccc(-c2cccc(-n3c4cccc5c4c4c6c(ccc7sc8cccc-5c8c76)ccc43)c2)cc1. The normalized spacial score (nSPS) is 12.4. The molecule has 0 saturated heterocycles. The molecule has 5 heteroatoms. The van der Waals surface area contributed by atoms with Crippen molar-refractivity contribution < 1.29 is 4.42 Å². The quantitative estimate of drug-likeness (QED) is 0.176. The van der Waals surface area contributed by atoms with Gasteiger partial charge in [-0.25, -0.2) is 4.98 Å². The Morgan fingerprint density at radius 3 is 1.62 bits per heavy atom. The molecule has 2 aliphatic rings. The number of hydrogen-bond acceptors (Lipinski definition) is 3. The molecule has 0 N–H and O–H groups in total. The van der Waals surface area contributed by atoms with Crippen molar-refractivity contribution in [1.29, 1.82) is 0 Å². The second-order valence-corrected chi connectivity index (χ2v) is 20.4. The largest absolute Gasteiger partial charge is 0.456 e. The van der Waals surface area contributed by atoms with Gasteiger partial charge in [0, 0.05) is 74.5 Å². The second kappa shape index (κ2) is 14.2. The van der Waals surface area contributed by atoms with E-state index in [-0.39, 0.29) is 0 Å². The molecule has 18 rings (SSSR count). The summed E-state index contributed by atoms with van der Waals surface area (Å²) in [6.07, 6.45) is 0. The number of pyridine rings is 1. The average Bonchev–Trinajstić information content (AvgIpc) is 4.18. The van der Waals surface area contributed by atoms with Crippen LogP contribution >= 0.6 is 11.3 Å². The van der Waals surface area contributed by atoms with Gasteiger partial charge >= 0.3 is 0 Å². The van der Waals surface area contributed by atoms with Gasteiger partial charge in [0.1, 0.15) is 17.0 Å². The summed E-state index contributed by atoms with van der Waals surface area (Å²) in [5, 5.41) is 15.8. The van der Waals surface area contributed by atoms with Crippen molar-refractivity contribution in [2.75, 3.05) is 0 Å². The highest BCUT2D eigenvalue weighted by atomic mass is 32.1. The Labute approximate surface area is 415 Å². The lowest BCUT2D eigenvalue weighted by Gasteiger charge is -2.12. The first-order valence-corrected chi connectivity index (χ1v) is 25.4. The number of nitrogens with zero attached hydrogens (tertiary/aromatic N) is 3. The molecule has 4 nitrogen and oxygen atoms in total. The zero-order valence-electron chi connectivity index (χ0n) is 38.5. The number of thiophene rings is 1. The lowest BCUT2D eigenvalue weighted by Crippen LogP contribution is -1.98. The van der Waals surface area contributed by atoms with Crippen LogP contribution in [-0.2, 0) is 0 Å². The number of furan rings is 1. The van der Waals surface area contributed by atoms with Gasteiger partial charge in [-0.15, -0.1) is 11.3 Å². The van der Waals surface area contributed by atoms with E-state index in [2.05, 4.69) is 228 Å². The molecule has 0 aliphatic heterocycles. The predicted octanol–water partition coefficient (Wildman–Crippen LogP) is 18.8. The van der Waals surface area contributed by atoms with E-state index in [0.29, 0.717) is 0 Å². The summed E-state index contributed by atoms with van der Waals surface area (Å²) in [5.41, 5.74) is 17.7. The first-order chi connectivity index (χ1) is 35.7. The van der Waals surface area contributed by atoms with E-state index in [0.717, 1.165) is 33.8 Å². The molecule has 0 bridgehead atoms. The molecule has 0 saturated carbocycles. The van der Waals surface area contributed by atoms with Gasteiger partial charge in [0.05, 0.1) is 27.8 Å². The number of hydrogen-bond donors (Lipinski definition) is 0. The number of rotatable bonds is 4. The Hall–Kier alpha value is -9.29. The van der Waals surface area contributed by atoms with Crippen LogP contribution in [-0.4, -0.2) is 14.1 Å². The van der Waals surface area contributed by atoms with E-state index < -0.39 is 0 Å². The van der Waals surface area contributed by atoms with Crippen molar-refractivity contribution in [3.8, 4) is 56.1 Å². The minimum absolute atomic E-state index is 0.922. The van der Waals surface area contributed by atoms with Gasteiger partial charge in [-0.3, -0.25) is 4.57 Å². The number of fused-ring (bicyclic) bond motifs is 2. The second-order valence-electron chi connectivity index (χ2n) is 19.3. The van der Waals surface area contributed by atoms with E-state index in [1.807, 2.05) is 17.4 Å². The average molecular weight is 932 g/mol. The maximum absolute atomic E-state index is 6.35. The van der Waals surface area contributed by atoms with Crippen LogP contribution in [0.25, 0.3) is 163 Å². The smallest absolute Gasteiger partial charge is 0.138 e.